The van der Waals surface area contributed by atoms with E-state index < -0.39 is 12.0 Å². The molecule has 4 aromatic rings. The second kappa shape index (κ2) is 12.2. The Bertz CT molecular complexity index is 1560. The second-order valence-corrected chi connectivity index (χ2v) is 10.9. The van der Waals surface area contributed by atoms with Gasteiger partial charge in [-0.3, -0.25) is 9.36 Å². The van der Waals surface area contributed by atoms with Gasteiger partial charge in [0, 0.05) is 21.7 Å². The molecule has 10 nitrogen and oxygen atoms in total. The first-order valence-electron chi connectivity index (χ1n) is 12.4. The molecular weight excluding hydrogens is 574 g/mol. The number of fused-ring (bicyclic) bond motifs is 1. The summed E-state index contributed by atoms with van der Waals surface area (Å²) >= 11 is 8.91. The predicted molar refractivity (Wildman–Crippen MR) is 155 cm³/mol. The summed E-state index contributed by atoms with van der Waals surface area (Å²) in [4.78, 5) is 26.5. The summed E-state index contributed by atoms with van der Waals surface area (Å²) in [5.74, 6) is 0.918. The maximum atomic E-state index is 13.6. The first kappa shape index (κ1) is 27.8. The number of benzene rings is 2. The van der Waals surface area contributed by atoms with Crippen LogP contribution in [0.3, 0.4) is 0 Å². The Morgan fingerprint density at radius 3 is 2.73 bits per heavy atom. The third-order valence-corrected chi connectivity index (χ3v) is 8.53. The summed E-state index contributed by atoms with van der Waals surface area (Å²) in [6.45, 7) is 2.78. The van der Waals surface area contributed by atoms with Crippen molar-refractivity contribution in [2.24, 2.45) is 0 Å². The van der Waals surface area contributed by atoms with E-state index >= 15 is 0 Å². The number of hydrogen-bond acceptors (Lipinski definition) is 10. The van der Waals surface area contributed by atoms with Gasteiger partial charge in [0.2, 0.25) is 11.9 Å². The highest BCUT2D eigenvalue weighted by Gasteiger charge is 2.29. The number of thioether (sulfide) groups is 1. The summed E-state index contributed by atoms with van der Waals surface area (Å²) in [7, 11) is 1.30. The average Bonchev–Trinajstić information content (AvgIpc) is 3.55. The van der Waals surface area contributed by atoms with Crippen LogP contribution in [0.25, 0.3) is 11.1 Å². The fourth-order valence-electron chi connectivity index (χ4n) is 4.30. The van der Waals surface area contributed by atoms with Crippen LogP contribution < -0.4 is 20.5 Å². The highest BCUT2D eigenvalue weighted by molar-refractivity contribution is 7.98. The molecule has 40 heavy (non-hydrogen) atoms. The number of esters is 1. The van der Waals surface area contributed by atoms with Crippen LogP contribution in [0.15, 0.2) is 53.0 Å². The highest BCUT2D eigenvalue weighted by atomic mass is 35.5. The molecule has 2 aromatic heterocycles. The van der Waals surface area contributed by atoms with Crippen molar-refractivity contribution in [3.05, 3.63) is 64.0 Å². The van der Waals surface area contributed by atoms with Crippen molar-refractivity contribution in [1.82, 2.24) is 14.8 Å². The van der Waals surface area contributed by atoms with Crippen molar-refractivity contribution in [3.8, 4) is 22.6 Å². The van der Waals surface area contributed by atoms with Gasteiger partial charge in [-0.25, -0.2) is 4.79 Å². The zero-order valence-corrected chi connectivity index (χ0v) is 24.1. The van der Waals surface area contributed by atoms with E-state index in [1.807, 2.05) is 43.3 Å². The Balaban J connectivity index is 1.41. The number of nitrogen functional groups attached to an aromatic ring is 1. The van der Waals surface area contributed by atoms with E-state index in [2.05, 4.69) is 15.5 Å². The van der Waals surface area contributed by atoms with Gasteiger partial charge in [-0.2, -0.15) is 0 Å². The minimum atomic E-state index is -0.728. The number of amides is 1. The van der Waals surface area contributed by atoms with E-state index in [-0.39, 0.29) is 17.4 Å². The van der Waals surface area contributed by atoms with Gasteiger partial charge >= 0.3 is 5.97 Å². The van der Waals surface area contributed by atoms with E-state index in [1.54, 1.807) is 16.0 Å². The van der Waals surface area contributed by atoms with Crippen LogP contribution in [0.1, 0.15) is 35.3 Å². The molecule has 0 bridgehead atoms. The molecule has 1 atom stereocenters. The van der Waals surface area contributed by atoms with E-state index in [0.717, 1.165) is 11.1 Å². The smallest absolute Gasteiger partial charge is 0.341 e. The van der Waals surface area contributed by atoms with E-state index in [4.69, 9.17) is 31.5 Å². The third-order valence-electron chi connectivity index (χ3n) is 6.28. The second-order valence-electron chi connectivity index (χ2n) is 8.71. The lowest BCUT2D eigenvalue weighted by molar-refractivity contribution is -0.119. The van der Waals surface area contributed by atoms with Crippen molar-refractivity contribution in [1.29, 1.82) is 0 Å². The molecule has 0 saturated carbocycles. The molecular formula is C27H26ClN5O5S2. The molecule has 1 aliphatic rings. The minimum Gasteiger partial charge on any atom is -0.486 e. The lowest BCUT2D eigenvalue weighted by Gasteiger charge is -2.19. The number of carbonyl (C=O) groups is 2. The fraction of sp³-hybridized carbons (Fsp3) is 0.259. The molecule has 3 N–H and O–H groups in total. The van der Waals surface area contributed by atoms with Crippen LogP contribution in [0.2, 0.25) is 5.02 Å². The SMILES string of the molecule is CCC(C(=O)Nc1scc(-c2ccc3c(c2)OCCO3)c1C(=O)OC)n1c(N)nnc1SCc1ccccc1Cl. The molecule has 1 aliphatic heterocycles. The number of ether oxygens (including phenoxy) is 3. The molecule has 0 fully saturated rings. The molecule has 208 valence electrons. The first-order chi connectivity index (χ1) is 19.4. The van der Waals surface area contributed by atoms with Gasteiger partial charge in [0.25, 0.3) is 0 Å². The molecule has 3 heterocycles. The Kier molecular flexibility index (Phi) is 8.48. The summed E-state index contributed by atoms with van der Waals surface area (Å²) < 4.78 is 18.0. The molecule has 1 amide bonds. The van der Waals surface area contributed by atoms with Crippen molar-refractivity contribution >= 4 is 57.5 Å². The number of methoxy groups -OCH3 is 1. The fourth-order valence-corrected chi connectivity index (χ4v) is 6.53. The number of halogens is 1. The number of aromatic nitrogens is 3. The Morgan fingerprint density at radius 1 is 1.20 bits per heavy atom. The van der Waals surface area contributed by atoms with Crippen molar-refractivity contribution < 1.29 is 23.8 Å². The monoisotopic (exact) mass is 599 g/mol. The van der Waals surface area contributed by atoms with E-state index in [0.29, 0.717) is 57.6 Å². The van der Waals surface area contributed by atoms with Crippen LogP contribution in [0.5, 0.6) is 11.5 Å². The number of rotatable bonds is 9. The number of anilines is 2. The summed E-state index contributed by atoms with van der Waals surface area (Å²) in [5, 5.41) is 14.4. The van der Waals surface area contributed by atoms with Crippen LogP contribution in [-0.4, -0.2) is 47.0 Å². The maximum absolute atomic E-state index is 13.6. The Labute approximate surface area is 243 Å². The number of nitrogens with one attached hydrogen (secondary N) is 1. The van der Waals surface area contributed by atoms with Crippen molar-refractivity contribution in [2.45, 2.75) is 30.3 Å². The number of carbonyl (C=O) groups excluding carboxylic acids is 2. The average molecular weight is 600 g/mol. The van der Waals surface area contributed by atoms with Crippen LogP contribution >= 0.6 is 34.7 Å². The number of thiophene rings is 1. The predicted octanol–water partition coefficient (Wildman–Crippen LogP) is 5.68. The van der Waals surface area contributed by atoms with Gasteiger partial charge in [0.05, 0.1) is 7.11 Å². The molecule has 0 aliphatic carbocycles. The van der Waals surface area contributed by atoms with Gasteiger partial charge < -0.3 is 25.3 Å². The zero-order chi connectivity index (χ0) is 28.2. The standard InChI is InChI=1S/C27H26ClN5O5S2/c1-3-19(33-26(29)31-32-27(33)40-13-16-6-4-5-7-18(16)28)23(34)30-24-22(25(35)36-2)17(14-39-24)15-8-9-20-21(12-15)38-11-10-37-20/h4-9,12,14,19H,3,10-11,13H2,1-2H3,(H2,29,31)(H,30,34). The Morgan fingerprint density at radius 2 is 1.98 bits per heavy atom. The number of nitrogens with two attached hydrogens (primary N) is 1. The zero-order valence-electron chi connectivity index (χ0n) is 21.7. The third kappa shape index (κ3) is 5.60. The summed E-state index contributed by atoms with van der Waals surface area (Å²) in [6, 6.07) is 12.2. The molecule has 0 saturated heterocycles. The molecule has 1 unspecified atom stereocenters. The van der Waals surface area contributed by atoms with Crippen LogP contribution in [-0.2, 0) is 15.3 Å². The quantitative estimate of drug-likeness (QED) is 0.184. The minimum absolute atomic E-state index is 0.111. The normalized spacial score (nSPS) is 13.1. The lowest BCUT2D eigenvalue weighted by Crippen LogP contribution is -2.27. The van der Waals surface area contributed by atoms with Crippen molar-refractivity contribution in [2.75, 3.05) is 31.4 Å². The van der Waals surface area contributed by atoms with Crippen molar-refractivity contribution in [3.63, 3.8) is 0 Å². The molecule has 0 radical (unpaired) electrons. The lowest BCUT2D eigenvalue weighted by atomic mass is 10.0. The number of hydrogen-bond donors (Lipinski definition) is 2. The molecule has 5 rings (SSSR count). The highest BCUT2D eigenvalue weighted by Crippen LogP contribution is 2.41. The van der Waals surface area contributed by atoms with Gasteiger partial charge in [0.1, 0.15) is 29.8 Å². The van der Waals surface area contributed by atoms with Gasteiger partial charge in [-0.05, 0) is 35.7 Å². The summed E-state index contributed by atoms with van der Waals surface area (Å²) in [5.41, 5.74) is 8.67. The first-order valence-corrected chi connectivity index (χ1v) is 14.6. The topological polar surface area (TPSA) is 131 Å². The largest absolute Gasteiger partial charge is 0.486 e. The van der Waals surface area contributed by atoms with Gasteiger partial charge in [0.15, 0.2) is 16.7 Å². The van der Waals surface area contributed by atoms with Crippen LogP contribution in [0, 0.1) is 0 Å². The van der Waals surface area contributed by atoms with E-state index in [9.17, 15) is 9.59 Å². The molecule has 2 aromatic carbocycles. The molecule has 0 spiro atoms. The van der Waals surface area contributed by atoms with Gasteiger partial charge in [-0.15, -0.1) is 21.5 Å². The van der Waals surface area contributed by atoms with Gasteiger partial charge in [-0.1, -0.05) is 54.6 Å². The van der Waals surface area contributed by atoms with Crippen LogP contribution in [0.4, 0.5) is 10.9 Å². The summed E-state index contributed by atoms with van der Waals surface area (Å²) in [6.07, 6.45) is 0.404. The molecule has 13 heteroatoms. The number of nitrogens with zero attached hydrogens (tertiary/aromatic N) is 3. The Hall–Kier alpha value is -3.74. The maximum Gasteiger partial charge on any atom is 0.341 e. The van der Waals surface area contributed by atoms with E-state index in [1.165, 1.54) is 30.2 Å².